The molecule has 10 heteroatoms. The van der Waals surface area contributed by atoms with Gasteiger partial charge in [-0.2, -0.15) is 0 Å². The Labute approximate surface area is 232 Å². The molecule has 0 saturated heterocycles. The van der Waals surface area contributed by atoms with Crippen molar-refractivity contribution in [3.63, 3.8) is 0 Å². The maximum atomic E-state index is 13.7. The van der Waals surface area contributed by atoms with Gasteiger partial charge in [0, 0.05) is 20.0 Å². The van der Waals surface area contributed by atoms with E-state index in [9.17, 15) is 39.3 Å². The Morgan fingerprint density at radius 3 is 1.73 bits per heavy atom. The summed E-state index contributed by atoms with van der Waals surface area (Å²) in [6.07, 6.45) is 1.04. The highest BCUT2D eigenvalue weighted by Gasteiger charge is 2.64. The first-order chi connectivity index (χ1) is 19.0. The predicted molar refractivity (Wildman–Crippen MR) is 143 cm³/mol. The lowest BCUT2D eigenvalue weighted by Gasteiger charge is -2.45. The third kappa shape index (κ3) is 7.46. The van der Waals surface area contributed by atoms with Gasteiger partial charge in [0.05, 0.1) is 23.7 Å². The van der Waals surface area contributed by atoms with E-state index < -0.39 is 59.6 Å². The lowest BCUT2D eigenvalue weighted by molar-refractivity contribution is -0.189. The Morgan fingerprint density at radius 2 is 1.25 bits per heavy atom. The normalized spacial score (nSPS) is 21.4. The average molecular weight is 554 g/mol. The number of esters is 1. The van der Waals surface area contributed by atoms with Crippen LogP contribution in [0.15, 0.2) is 60.7 Å². The van der Waals surface area contributed by atoms with Gasteiger partial charge < -0.3 is 25.0 Å². The van der Waals surface area contributed by atoms with Crippen LogP contribution >= 0.6 is 0 Å². The van der Waals surface area contributed by atoms with Crippen molar-refractivity contribution in [2.45, 2.75) is 45.8 Å². The molecule has 3 rings (SSSR count). The van der Waals surface area contributed by atoms with Gasteiger partial charge in [0.1, 0.15) is 6.10 Å². The van der Waals surface area contributed by atoms with Crippen LogP contribution < -0.4 is 0 Å². The summed E-state index contributed by atoms with van der Waals surface area (Å²) in [6.45, 7) is 3.53. The minimum Gasteiger partial charge on any atom is -0.481 e. The number of carbonyl (C=O) groups excluding carboxylic acids is 2. The molecule has 2 aromatic rings. The van der Waals surface area contributed by atoms with Crippen LogP contribution in [0.4, 0.5) is 0 Å². The number of aliphatic carboxylic acids is 3. The SMILES string of the molecule is CC(=O)O[C@@H](CCCN(Cc1ccccc1)C(=O)C1[C@H](C(=O)O)C(C(=O)O)[C@H]1C(=O)O)[C@@H](C)Cc1ccccc1. The molecule has 0 spiro atoms. The van der Waals surface area contributed by atoms with Crippen molar-refractivity contribution in [1.29, 1.82) is 0 Å². The van der Waals surface area contributed by atoms with Gasteiger partial charge in [-0.25, -0.2) is 0 Å². The fourth-order valence-electron chi connectivity index (χ4n) is 5.53. The van der Waals surface area contributed by atoms with Gasteiger partial charge in [-0.15, -0.1) is 0 Å². The lowest BCUT2D eigenvalue weighted by atomic mass is 9.56. The van der Waals surface area contributed by atoms with Gasteiger partial charge in [0.25, 0.3) is 0 Å². The van der Waals surface area contributed by atoms with Crippen molar-refractivity contribution < 1.29 is 44.0 Å². The van der Waals surface area contributed by atoms with Crippen molar-refractivity contribution in [3.8, 4) is 0 Å². The standard InChI is InChI=1S/C30H35NO9/c1-18(16-20-10-5-3-6-11-20)22(40-19(2)32)14-9-15-31(17-21-12-7-4-8-13-21)27(33)23-24(28(34)35)26(30(38)39)25(23)29(36)37/h3-8,10-13,18,22-26H,9,14-17H2,1-2H3,(H,34,35)(H,36,37)(H,38,39)/t18-,22-,23?,24-,25-,26?/m0/s1. The van der Waals surface area contributed by atoms with E-state index in [4.69, 9.17) is 4.74 Å². The molecular weight excluding hydrogens is 518 g/mol. The van der Waals surface area contributed by atoms with Gasteiger partial charge in [0.15, 0.2) is 0 Å². The first kappa shape index (κ1) is 30.3. The Bertz CT molecular complexity index is 1180. The van der Waals surface area contributed by atoms with Crippen LogP contribution in [0.3, 0.4) is 0 Å². The number of nitrogens with zero attached hydrogens (tertiary/aromatic N) is 1. The molecule has 3 N–H and O–H groups in total. The van der Waals surface area contributed by atoms with Crippen molar-refractivity contribution in [2.75, 3.05) is 6.54 Å². The fourth-order valence-corrected chi connectivity index (χ4v) is 5.53. The molecule has 0 bridgehead atoms. The zero-order chi connectivity index (χ0) is 29.4. The van der Waals surface area contributed by atoms with Crippen LogP contribution in [-0.2, 0) is 41.7 Å². The number of rotatable bonds is 14. The Kier molecular flexibility index (Phi) is 10.4. The number of benzene rings is 2. The van der Waals surface area contributed by atoms with E-state index in [0.717, 1.165) is 11.1 Å². The van der Waals surface area contributed by atoms with Crippen LogP contribution in [-0.4, -0.2) is 62.7 Å². The molecule has 0 aliphatic heterocycles. The van der Waals surface area contributed by atoms with Crippen LogP contribution in [0.5, 0.6) is 0 Å². The zero-order valence-corrected chi connectivity index (χ0v) is 22.5. The summed E-state index contributed by atoms with van der Waals surface area (Å²) >= 11 is 0. The first-order valence-corrected chi connectivity index (χ1v) is 13.2. The van der Waals surface area contributed by atoms with E-state index in [0.29, 0.717) is 19.3 Å². The highest BCUT2D eigenvalue weighted by atomic mass is 16.5. The molecule has 4 atom stereocenters. The van der Waals surface area contributed by atoms with E-state index in [1.807, 2.05) is 37.3 Å². The van der Waals surface area contributed by atoms with Crippen LogP contribution in [0.1, 0.15) is 37.8 Å². The topological polar surface area (TPSA) is 159 Å². The predicted octanol–water partition coefficient (Wildman–Crippen LogP) is 3.34. The van der Waals surface area contributed by atoms with Crippen molar-refractivity contribution in [1.82, 2.24) is 4.90 Å². The molecule has 1 fully saturated rings. The van der Waals surface area contributed by atoms with Gasteiger partial charge in [-0.1, -0.05) is 67.6 Å². The molecule has 0 unspecified atom stereocenters. The van der Waals surface area contributed by atoms with E-state index >= 15 is 0 Å². The van der Waals surface area contributed by atoms with Crippen molar-refractivity contribution in [2.24, 2.45) is 29.6 Å². The Morgan fingerprint density at radius 1 is 0.775 bits per heavy atom. The van der Waals surface area contributed by atoms with Gasteiger partial charge in [0.2, 0.25) is 5.91 Å². The molecule has 10 nitrogen and oxygen atoms in total. The Hall–Kier alpha value is -4.21. The van der Waals surface area contributed by atoms with Crippen molar-refractivity contribution >= 4 is 29.8 Å². The van der Waals surface area contributed by atoms with Crippen LogP contribution in [0, 0.1) is 29.6 Å². The zero-order valence-electron chi connectivity index (χ0n) is 22.5. The molecular formula is C30H35NO9. The fraction of sp³-hybridized carbons (Fsp3) is 0.433. The van der Waals surface area contributed by atoms with Gasteiger partial charge in [-0.3, -0.25) is 24.0 Å². The van der Waals surface area contributed by atoms with E-state index in [1.54, 1.807) is 30.3 Å². The molecule has 1 saturated carbocycles. The number of carboxylic acid groups (broad SMARTS) is 3. The molecule has 40 heavy (non-hydrogen) atoms. The number of ether oxygens (including phenoxy) is 1. The largest absolute Gasteiger partial charge is 0.481 e. The Balaban J connectivity index is 1.79. The van der Waals surface area contributed by atoms with Gasteiger partial charge in [-0.05, 0) is 36.3 Å². The minimum absolute atomic E-state index is 0.0275. The molecule has 1 aliphatic carbocycles. The smallest absolute Gasteiger partial charge is 0.308 e. The van der Waals surface area contributed by atoms with E-state index in [-0.39, 0.29) is 19.0 Å². The summed E-state index contributed by atoms with van der Waals surface area (Å²) in [5, 5.41) is 28.8. The number of hydrogen-bond donors (Lipinski definition) is 3. The highest BCUT2D eigenvalue weighted by Crippen LogP contribution is 2.48. The lowest BCUT2D eigenvalue weighted by Crippen LogP contribution is -2.62. The number of carbonyl (C=O) groups is 5. The summed E-state index contributed by atoms with van der Waals surface area (Å²) in [5.74, 6) is -12.3. The third-order valence-electron chi connectivity index (χ3n) is 7.49. The minimum atomic E-state index is -1.70. The highest BCUT2D eigenvalue weighted by molar-refractivity contribution is 5.98. The summed E-state index contributed by atoms with van der Waals surface area (Å²) < 4.78 is 5.60. The first-order valence-electron chi connectivity index (χ1n) is 13.2. The van der Waals surface area contributed by atoms with Crippen molar-refractivity contribution in [3.05, 3.63) is 71.8 Å². The van der Waals surface area contributed by atoms with Crippen LogP contribution in [0.25, 0.3) is 0 Å². The second-order valence-corrected chi connectivity index (χ2v) is 10.3. The molecule has 2 aromatic carbocycles. The molecule has 1 amide bonds. The van der Waals surface area contributed by atoms with Gasteiger partial charge >= 0.3 is 23.9 Å². The monoisotopic (exact) mass is 553 g/mol. The number of hydrogen-bond acceptors (Lipinski definition) is 6. The second-order valence-electron chi connectivity index (χ2n) is 10.3. The maximum Gasteiger partial charge on any atom is 0.308 e. The molecule has 1 aliphatic rings. The summed E-state index contributed by atoms with van der Waals surface area (Å²) in [6, 6.07) is 18.7. The molecule has 0 heterocycles. The molecule has 214 valence electrons. The quantitative estimate of drug-likeness (QED) is 0.298. The molecule has 0 aromatic heterocycles. The summed E-state index contributed by atoms with van der Waals surface area (Å²) in [5.41, 5.74) is 1.84. The number of amides is 1. The third-order valence-corrected chi connectivity index (χ3v) is 7.49. The second kappa shape index (κ2) is 13.7. The molecule has 0 radical (unpaired) electrons. The number of carboxylic acids is 3. The maximum absolute atomic E-state index is 13.7. The summed E-state index contributed by atoms with van der Waals surface area (Å²) in [4.78, 5) is 62.4. The van der Waals surface area contributed by atoms with Crippen LogP contribution in [0.2, 0.25) is 0 Å². The summed E-state index contributed by atoms with van der Waals surface area (Å²) in [7, 11) is 0. The average Bonchev–Trinajstić information content (AvgIpc) is 2.87. The van der Waals surface area contributed by atoms with E-state index in [1.165, 1.54) is 11.8 Å². The van der Waals surface area contributed by atoms with E-state index in [2.05, 4.69) is 0 Å².